The van der Waals surface area contributed by atoms with Gasteiger partial charge in [-0.2, -0.15) is 0 Å². The lowest BCUT2D eigenvalue weighted by Crippen LogP contribution is -2.44. The standard InChI is InChI=1S/C14H24N2O3/c1-11(2)8-16(9-12-4-3-5-15-12)14(17)13-10-18-6-7-19-13/h10-12,15H,3-9H2,1-2H3. The minimum Gasteiger partial charge on any atom is -0.494 e. The van der Waals surface area contributed by atoms with Gasteiger partial charge in [0.05, 0.1) is 0 Å². The molecule has 5 nitrogen and oxygen atoms in total. The van der Waals surface area contributed by atoms with Crippen molar-refractivity contribution in [1.82, 2.24) is 10.2 Å². The molecule has 0 aliphatic carbocycles. The molecule has 0 aromatic rings. The van der Waals surface area contributed by atoms with Crippen LogP contribution in [0, 0.1) is 5.92 Å². The highest BCUT2D eigenvalue weighted by molar-refractivity contribution is 5.91. The van der Waals surface area contributed by atoms with Crippen molar-refractivity contribution >= 4 is 5.91 Å². The van der Waals surface area contributed by atoms with E-state index in [1.165, 1.54) is 12.7 Å². The van der Waals surface area contributed by atoms with Gasteiger partial charge in [0.2, 0.25) is 5.76 Å². The van der Waals surface area contributed by atoms with Crippen LogP contribution in [0.15, 0.2) is 12.0 Å². The van der Waals surface area contributed by atoms with Gasteiger partial charge in [-0.05, 0) is 25.3 Å². The third kappa shape index (κ3) is 4.13. The first-order valence-electron chi connectivity index (χ1n) is 7.14. The van der Waals surface area contributed by atoms with Crippen LogP contribution in [-0.2, 0) is 14.3 Å². The number of hydrogen-bond acceptors (Lipinski definition) is 4. The maximum absolute atomic E-state index is 12.4. The molecule has 1 atom stereocenters. The van der Waals surface area contributed by atoms with E-state index in [4.69, 9.17) is 9.47 Å². The monoisotopic (exact) mass is 268 g/mol. The van der Waals surface area contributed by atoms with Gasteiger partial charge in [0.25, 0.3) is 5.91 Å². The molecule has 0 saturated carbocycles. The summed E-state index contributed by atoms with van der Waals surface area (Å²) in [5.74, 6) is 0.724. The van der Waals surface area contributed by atoms with Crippen molar-refractivity contribution in [2.24, 2.45) is 5.92 Å². The van der Waals surface area contributed by atoms with E-state index < -0.39 is 0 Å². The number of amides is 1. The molecule has 0 aromatic heterocycles. The highest BCUT2D eigenvalue weighted by Crippen LogP contribution is 2.14. The number of rotatable bonds is 5. The van der Waals surface area contributed by atoms with Crippen molar-refractivity contribution < 1.29 is 14.3 Å². The summed E-state index contributed by atoms with van der Waals surface area (Å²) in [5, 5.41) is 3.43. The first-order valence-corrected chi connectivity index (χ1v) is 7.14. The zero-order valence-corrected chi connectivity index (χ0v) is 11.9. The Labute approximate surface area is 114 Å². The minimum absolute atomic E-state index is 0.0536. The van der Waals surface area contributed by atoms with E-state index in [1.807, 2.05) is 4.90 Å². The second kappa shape index (κ2) is 6.80. The van der Waals surface area contributed by atoms with E-state index >= 15 is 0 Å². The van der Waals surface area contributed by atoms with Crippen molar-refractivity contribution in [1.29, 1.82) is 0 Å². The van der Waals surface area contributed by atoms with E-state index in [-0.39, 0.29) is 5.91 Å². The molecule has 2 aliphatic heterocycles. The third-order valence-corrected chi connectivity index (χ3v) is 3.34. The van der Waals surface area contributed by atoms with Crippen LogP contribution in [0.3, 0.4) is 0 Å². The van der Waals surface area contributed by atoms with E-state index in [0.717, 1.165) is 26.1 Å². The maximum atomic E-state index is 12.4. The maximum Gasteiger partial charge on any atom is 0.292 e. The average molecular weight is 268 g/mol. The van der Waals surface area contributed by atoms with Gasteiger partial charge in [-0.15, -0.1) is 0 Å². The van der Waals surface area contributed by atoms with Gasteiger partial charge in [0.15, 0.2) is 0 Å². The average Bonchev–Trinajstić information content (AvgIpc) is 2.90. The molecule has 1 fully saturated rings. The van der Waals surface area contributed by atoms with Crippen molar-refractivity contribution in [2.75, 3.05) is 32.8 Å². The summed E-state index contributed by atoms with van der Waals surface area (Å²) in [6.07, 6.45) is 3.77. The lowest BCUT2D eigenvalue weighted by molar-refractivity contribution is -0.133. The van der Waals surface area contributed by atoms with Gasteiger partial charge in [0.1, 0.15) is 19.5 Å². The highest BCUT2D eigenvalue weighted by Gasteiger charge is 2.26. The molecule has 1 amide bonds. The molecule has 5 heteroatoms. The quantitative estimate of drug-likeness (QED) is 0.811. The first kappa shape index (κ1) is 14.2. The number of carbonyl (C=O) groups excluding carboxylic acids is 1. The zero-order valence-electron chi connectivity index (χ0n) is 11.9. The third-order valence-electron chi connectivity index (χ3n) is 3.34. The molecule has 0 radical (unpaired) electrons. The van der Waals surface area contributed by atoms with Crippen molar-refractivity contribution in [2.45, 2.75) is 32.7 Å². The molecule has 19 heavy (non-hydrogen) atoms. The van der Waals surface area contributed by atoms with Crippen molar-refractivity contribution in [3.8, 4) is 0 Å². The lowest BCUT2D eigenvalue weighted by atomic mass is 10.1. The van der Waals surface area contributed by atoms with Crippen LogP contribution in [0.5, 0.6) is 0 Å². The van der Waals surface area contributed by atoms with Crippen LogP contribution >= 0.6 is 0 Å². The summed E-state index contributed by atoms with van der Waals surface area (Å²) in [6, 6.07) is 0.410. The largest absolute Gasteiger partial charge is 0.494 e. The van der Waals surface area contributed by atoms with Crippen LogP contribution < -0.4 is 5.32 Å². The number of hydrogen-bond donors (Lipinski definition) is 1. The zero-order chi connectivity index (χ0) is 13.7. The van der Waals surface area contributed by atoms with Crippen molar-refractivity contribution in [3.63, 3.8) is 0 Å². The Hall–Kier alpha value is -1.23. The van der Waals surface area contributed by atoms with E-state index in [9.17, 15) is 4.79 Å². The fraction of sp³-hybridized carbons (Fsp3) is 0.786. The Kier molecular flexibility index (Phi) is 5.07. The van der Waals surface area contributed by atoms with Gasteiger partial charge in [-0.1, -0.05) is 13.8 Å². The minimum atomic E-state index is -0.0536. The Morgan fingerprint density at radius 2 is 2.37 bits per heavy atom. The molecule has 108 valence electrons. The molecule has 0 spiro atoms. The summed E-state index contributed by atoms with van der Waals surface area (Å²) in [4.78, 5) is 14.3. The fourth-order valence-electron chi connectivity index (χ4n) is 2.50. The van der Waals surface area contributed by atoms with E-state index in [2.05, 4.69) is 19.2 Å². The van der Waals surface area contributed by atoms with Crippen LogP contribution in [0.1, 0.15) is 26.7 Å². The van der Waals surface area contributed by atoms with Gasteiger partial charge >= 0.3 is 0 Å². The Morgan fingerprint density at radius 1 is 1.53 bits per heavy atom. The summed E-state index contributed by atoms with van der Waals surface area (Å²) in [7, 11) is 0. The lowest BCUT2D eigenvalue weighted by Gasteiger charge is -2.28. The predicted octanol–water partition coefficient (Wildman–Crippen LogP) is 1.11. The molecule has 0 bridgehead atoms. The normalized spacial score (nSPS) is 22.7. The molecule has 2 aliphatic rings. The smallest absolute Gasteiger partial charge is 0.292 e. The number of nitrogens with one attached hydrogen (secondary N) is 1. The van der Waals surface area contributed by atoms with Crippen LogP contribution in [-0.4, -0.2) is 49.7 Å². The van der Waals surface area contributed by atoms with Gasteiger partial charge in [-0.3, -0.25) is 4.79 Å². The molecule has 2 rings (SSSR count). The summed E-state index contributed by atoms with van der Waals surface area (Å²) < 4.78 is 10.6. The number of ether oxygens (including phenoxy) is 2. The summed E-state index contributed by atoms with van der Waals surface area (Å²) in [5.41, 5.74) is 0. The van der Waals surface area contributed by atoms with Crippen LogP contribution in [0.25, 0.3) is 0 Å². The molecule has 1 saturated heterocycles. The fourth-order valence-corrected chi connectivity index (χ4v) is 2.50. The summed E-state index contributed by atoms with van der Waals surface area (Å²) >= 11 is 0. The second-order valence-electron chi connectivity index (χ2n) is 5.60. The number of nitrogens with zero attached hydrogens (tertiary/aromatic N) is 1. The SMILES string of the molecule is CC(C)CN(CC1CCCN1)C(=O)C1=COCCO1. The molecule has 1 unspecified atom stereocenters. The molecule has 2 heterocycles. The van der Waals surface area contributed by atoms with Crippen LogP contribution in [0.2, 0.25) is 0 Å². The molecular weight excluding hydrogens is 244 g/mol. The van der Waals surface area contributed by atoms with Crippen LogP contribution in [0.4, 0.5) is 0 Å². The molecule has 1 N–H and O–H groups in total. The van der Waals surface area contributed by atoms with Gasteiger partial charge in [0, 0.05) is 19.1 Å². The Balaban J connectivity index is 1.98. The second-order valence-corrected chi connectivity index (χ2v) is 5.60. The highest BCUT2D eigenvalue weighted by atomic mass is 16.6. The Morgan fingerprint density at radius 3 is 2.95 bits per heavy atom. The number of carbonyl (C=O) groups is 1. The molecule has 0 aromatic carbocycles. The van der Waals surface area contributed by atoms with Crippen molar-refractivity contribution in [3.05, 3.63) is 12.0 Å². The topological polar surface area (TPSA) is 50.8 Å². The first-order chi connectivity index (χ1) is 9.16. The summed E-state index contributed by atoms with van der Waals surface area (Å²) in [6.45, 7) is 7.76. The predicted molar refractivity (Wildman–Crippen MR) is 72.4 cm³/mol. The Bertz CT molecular complexity index is 336. The van der Waals surface area contributed by atoms with E-state index in [1.54, 1.807) is 0 Å². The van der Waals surface area contributed by atoms with E-state index in [0.29, 0.717) is 30.9 Å². The molecular formula is C14H24N2O3. The van der Waals surface area contributed by atoms with Gasteiger partial charge < -0.3 is 19.7 Å². The van der Waals surface area contributed by atoms with Gasteiger partial charge in [-0.25, -0.2) is 0 Å².